The Balaban J connectivity index is 4.11. The Kier molecular flexibility index (Phi) is 35.3. The van der Waals surface area contributed by atoms with Crippen LogP contribution in [0.1, 0.15) is 181 Å². The van der Waals surface area contributed by atoms with Gasteiger partial charge in [0.25, 0.3) is 0 Å². The molecule has 0 bridgehead atoms. The molecule has 0 saturated heterocycles. The number of aliphatic hydroxyl groups is 1. The molecule has 0 aromatic carbocycles. The van der Waals surface area contributed by atoms with E-state index in [0.29, 0.717) is 32.5 Å². The van der Waals surface area contributed by atoms with Gasteiger partial charge in [-0.15, -0.1) is 0 Å². The molecule has 282 valence electrons. The van der Waals surface area contributed by atoms with Crippen molar-refractivity contribution in [1.82, 2.24) is 4.90 Å². The number of carbonyl (C=O) groups excluding carboxylic acids is 2. The first kappa shape index (κ1) is 46.3. The summed E-state index contributed by atoms with van der Waals surface area (Å²) in [4.78, 5) is 26.1. The maximum atomic E-state index is 12.0. The third-order valence-corrected chi connectivity index (χ3v) is 8.68. The van der Waals surface area contributed by atoms with E-state index in [1.165, 1.54) is 51.4 Å². The highest BCUT2D eigenvalue weighted by molar-refractivity contribution is 5.69. The third kappa shape index (κ3) is 35.6. The van der Waals surface area contributed by atoms with Crippen LogP contribution in [0.15, 0.2) is 24.3 Å². The normalized spacial score (nSPS) is 12.6. The number of nitrogens with zero attached hydrogens (tertiary/aromatic N) is 1. The molecule has 1 atom stereocenters. The number of allylic oxidation sites excluding steroid dienone is 2. The quantitative estimate of drug-likeness (QED) is 0.0305. The zero-order chi connectivity index (χ0) is 35.3. The van der Waals surface area contributed by atoms with Crippen LogP contribution in [0.25, 0.3) is 0 Å². The Morgan fingerprint density at radius 2 is 1.00 bits per heavy atom. The summed E-state index contributed by atoms with van der Waals surface area (Å²) in [7, 11) is 4.09. The monoisotopic (exact) mass is 680 g/mol. The number of unbranched alkanes of at least 4 members (excludes halogenated alkanes) is 16. The van der Waals surface area contributed by atoms with Gasteiger partial charge >= 0.3 is 11.9 Å². The van der Waals surface area contributed by atoms with Crippen LogP contribution in [0, 0.1) is 0 Å². The van der Waals surface area contributed by atoms with Crippen molar-refractivity contribution >= 4 is 11.9 Å². The number of rotatable bonds is 36. The van der Waals surface area contributed by atoms with Crippen molar-refractivity contribution in [2.45, 2.75) is 193 Å². The molecular formula is C41H77NO6. The minimum atomic E-state index is -0.709. The molecule has 0 spiro atoms. The molecule has 0 aliphatic rings. The average molecular weight is 680 g/mol. The Morgan fingerprint density at radius 3 is 1.46 bits per heavy atom. The number of esters is 2. The number of hydrogen-bond acceptors (Lipinski definition) is 7. The first-order valence-electron chi connectivity index (χ1n) is 20.0. The van der Waals surface area contributed by atoms with Gasteiger partial charge in [-0.05, 0) is 84.8 Å². The predicted molar refractivity (Wildman–Crippen MR) is 201 cm³/mol. The van der Waals surface area contributed by atoms with Crippen LogP contribution in [-0.4, -0.2) is 68.2 Å². The zero-order valence-electron chi connectivity index (χ0n) is 31.9. The maximum Gasteiger partial charge on any atom is 0.306 e. The van der Waals surface area contributed by atoms with Crippen molar-refractivity contribution in [3.8, 4) is 0 Å². The van der Waals surface area contributed by atoms with Crippen molar-refractivity contribution in [2.75, 3.05) is 33.9 Å². The van der Waals surface area contributed by atoms with Crippen LogP contribution >= 0.6 is 0 Å². The number of hydrogen-bond donors (Lipinski definition) is 1. The fourth-order valence-corrected chi connectivity index (χ4v) is 5.67. The Labute approximate surface area is 296 Å². The second-order valence-electron chi connectivity index (χ2n) is 13.8. The van der Waals surface area contributed by atoms with E-state index < -0.39 is 6.29 Å². The maximum absolute atomic E-state index is 12.0. The highest BCUT2D eigenvalue weighted by Crippen LogP contribution is 2.19. The topological polar surface area (TPSA) is 85.3 Å². The van der Waals surface area contributed by atoms with E-state index in [9.17, 15) is 14.7 Å². The second kappa shape index (κ2) is 36.6. The molecule has 1 unspecified atom stereocenters. The van der Waals surface area contributed by atoms with Crippen LogP contribution < -0.4 is 0 Å². The van der Waals surface area contributed by atoms with Gasteiger partial charge in [0.1, 0.15) is 13.2 Å². The predicted octanol–water partition coefficient (Wildman–Crippen LogP) is 10.6. The molecule has 0 radical (unpaired) electrons. The van der Waals surface area contributed by atoms with Crippen molar-refractivity contribution in [1.29, 1.82) is 0 Å². The van der Waals surface area contributed by atoms with Gasteiger partial charge in [-0.2, -0.15) is 0 Å². The molecule has 0 heterocycles. The van der Waals surface area contributed by atoms with Crippen LogP contribution in [0.3, 0.4) is 0 Å². The van der Waals surface area contributed by atoms with Gasteiger partial charge in [0.05, 0.1) is 6.10 Å². The fourth-order valence-electron chi connectivity index (χ4n) is 5.67. The van der Waals surface area contributed by atoms with Gasteiger partial charge in [-0.25, -0.2) is 0 Å². The van der Waals surface area contributed by atoms with E-state index in [1.807, 2.05) is 26.2 Å². The summed E-state index contributed by atoms with van der Waals surface area (Å²) in [6.45, 7) is 6.16. The minimum absolute atomic E-state index is 0.0729. The molecule has 7 nitrogen and oxygen atoms in total. The molecule has 0 amide bonds. The first-order valence-corrected chi connectivity index (χ1v) is 20.0. The van der Waals surface area contributed by atoms with E-state index in [2.05, 4.69) is 30.9 Å². The average Bonchev–Trinajstić information content (AvgIpc) is 3.05. The molecular weight excluding hydrogens is 602 g/mol. The lowest BCUT2D eigenvalue weighted by Gasteiger charge is -2.22. The van der Waals surface area contributed by atoms with E-state index in [1.54, 1.807) is 0 Å². The van der Waals surface area contributed by atoms with Crippen molar-refractivity contribution in [3.05, 3.63) is 24.3 Å². The molecule has 0 fully saturated rings. The van der Waals surface area contributed by atoms with Crippen LogP contribution in [0.4, 0.5) is 0 Å². The fraction of sp³-hybridized carbons (Fsp3) is 0.854. The molecule has 7 heteroatoms. The first-order chi connectivity index (χ1) is 23.4. The van der Waals surface area contributed by atoms with Crippen LogP contribution in [0.2, 0.25) is 0 Å². The summed E-state index contributed by atoms with van der Waals surface area (Å²) in [5.41, 5.74) is 0. The van der Waals surface area contributed by atoms with Crippen LogP contribution in [0.5, 0.6) is 0 Å². The number of aliphatic hydroxyl groups excluding tert-OH is 1. The Hall–Kier alpha value is -1.70. The summed E-state index contributed by atoms with van der Waals surface area (Å²) < 4.78 is 16.8. The van der Waals surface area contributed by atoms with E-state index in [4.69, 9.17) is 14.2 Å². The van der Waals surface area contributed by atoms with Crippen molar-refractivity contribution < 1.29 is 28.9 Å². The van der Waals surface area contributed by atoms with Gasteiger partial charge in [0.15, 0.2) is 6.29 Å². The molecule has 0 aliphatic carbocycles. The molecule has 0 rings (SSSR count). The summed E-state index contributed by atoms with van der Waals surface area (Å²) in [5, 5.41) is 10.5. The molecule has 0 aromatic rings. The van der Waals surface area contributed by atoms with Gasteiger partial charge in [0.2, 0.25) is 0 Å². The molecule has 48 heavy (non-hydrogen) atoms. The second-order valence-corrected chi connectivity index (χ2v) is 13.8. The Bertz CT molecular complexity index is 716. The third-order valence-electron chi connectivity index (χ3n) is 8.68. The lowest BCUT2D eigenvalue weighted by molar-refractivity contribution is -0.144. The van der Waals surface area contributed by atoms with Crippen LogP contribution in [-0.2, 0) is 23.8 Å². The Morgan fingerprint density at radius 1 is 0.562 bits per heavy atom. The smallest absolute Gasteiger partial charge is 0.306 e. The van der Waals surface area contributed by atoms with Gasteiger partial charge in [-0.3, -0.25) is 9.59 Å². The molecule has 0 aromatic heterocycles. The lowest BCUT2D eigenvalue weighted by Crippen LogP contribution is -2.23. The van der Waals surface area contributed by atoms with Crippen molar-refractivity contribution in [3.63, 3.8) is 0 Å². The zero-order valence-corrected chi connectivity index (χ0v) is 31.9. The number of carbonyl (C=O) groups is 2. The van der Waals surface area contributed by atoms with Gasteiger partial charge < -0.3 is 24.2 Å². The SMILES string of the molecule is CCCCCC/C=C\COC(=O)CCCCCCCC(CCCCCCCC(=O)OC/C=C\CCCCCC)OC(O)CCCN(C)C. The highest BCUT2D eigenvalue weighted by atomic mass is 16.6. The summed E-state index contributed by atoms with van der Waals surface area (Å²) in [5.74, 6) is -0.197. The molecule has 0 aliphatic heterocycles. The van der Waals surface area contributed by atoms with Gasteiger partial charge in [-0.1, -0.05) is 128 Å². The standard InChI is InChI=1S/C41H77NO6/c1-5-7-9-11-13-21-27-36-46-39(43)32-25-19-15-17-23-30-38(48-41(45)34-29-35-42(3)4)31-24-18-16-20-26-33-40(44)47-37-28-22-14-12-10-8-6-2/h21-22,27-28,38,41,45H,5-20,23-26,29-37H2,1-4H3/b27-21-,28-22-. The lowest BCUT2D eigenvalue weighted by atomic mass is 10.0. The minimum Gasteiger partial charge on any atom is -0.461 e. The molecule has 1 N–H and O–H groups in total. The highest BCUT2D eigenvalue weighted by Gasteiger charge is 2.15. The van der Waals surface area contributed by atoms with E-state index >= 15 is 0 Å². The summed E-state index contributed by atoms with van der Waals surface area (Å²) >= 11 is 0. The van der Waals surface area contributed by atoms with E-state index in [0.717, 1.165) is 103 Å². The molecule has 0 saturated carbocycles. The van der Waals surface area contributed by atoms with E-state index in [-0.39, 0.29) is 18.0 Å². The number of ether oxygens (including phenoxy) is 3. The summed E-state index contributed by atoms with van der Waals surface area (Å²) in [6.07, 6.45) is 34.6. The largest absolute Gasteiger partial charge is 0.461 e. The van der Waals surface area contributed by atoms with Crippen molar-refractivity contribution in [2.24, 2.45) is 0 Å². The van der Waals surface area contributed by atoms with Gasteiger partial charge in [0, 0.05) is 12.8 Å². The summed E-state index contributed by atoms with van der Waals surface area (Å²) in [6, 6.07) is 0.